The molecule has 0 unspecified atom stereocenters. The van der Waals surface area contributed by atoms with E-state index in [9.17, 15) is 0 Å². The summed E-state index contributed by atoms with van der Waals surface area (Å²) in [5.74, 6) is 1.02. The molecule has 2 aliphatic rings. The van der Waals surface area contributed by atoms with Crippen LogP contribution in [0.2, 0.25) is 0 Å². The van der Waals surface area contributed by atoms with Gasteiger partial charge in [0.2, 0.25) is 0 Å². The van der Waals surface area contributed by atoms with Crippen LogP contribution >= 0.6 is 0 Å². The first-order chi connectivity index (χ1) is 9.07. The minimum atomic E-state index is 0.0850. The van der Waals surface area contributed by atoms with Crippen molar-refractivity contribution in [2.75, 3.05) is 11.5 Å². The molecule has 1 aliphatic carbocycles. The second kappa shape index (κ2) is 4.59. The molecule has 0 radical (unpaired) electrons. The van der Waals surface area contributed by atoms with Gasteiger partial charge in [-0.3, -0.25) is 0 Å². The lowest BCUT2D eigenvalue weighted by atomic mass is 9.92. The topological polar surface area (TPSA) is 12.5 Å². The third kappa shape index (κ3) is 2.24. The summed E-state index contributed by atoms with van der Waals surface area (Å²) in [5.41, 5.74) is 4.31. The Bertz CT molecular complexity index is 510. The van der Waals surface area contributed by atoms with Crippen LogP contribution in [0.25, 0.3) is 0 Å². The predicted octanol–water partition coefficient (Wildman–Crippen LogP) is 4.51. The number of ether oxygens (including phenoxy) is 1. The number of benzene rings is 1. The van der Waals surface area contributed by atoms with E-state index in [1.807, 2.05) is 0 Å². The van der Waals surface area contributed by atoms with E-state index in [-0.39, 0.29) is 5.54 Å². The first-order valence-electron chi connectivity index (χ1n) is 7.30. The van der Waals surface area contributed by atoms with Crippen molar-refractivity contribution in [3.05, 3.63) is 35.5 Å². The van der Waals surface area contributed by atoms with Crippen LogP contribution in [0.15, 0.2) is 35.5 Å². The summed E-state index contributed by atoms with van der Waals surface area (Å²) >= 11 is 0. The molecule has 3 rings (SSSR count). The van der Waals surface area contributed by atoms with Crippen molar-refractivity contribution in [1.82, 2.24) is 0 Å². The molecule has 0 amide bonds. The standard InChI is InChI=1S/C17H23NO/c1-17(2,3)18-14-9-5-4-8-13(14)12-19-16-11-7-6-10-15(16)18/h6-7,10-11H,4-5,8-9,12H2,1-3H3. The van der Waals surface area contributed by atoms with Crippen LogP contribution < -0.4 is 9.64 Å². The summed E-state index contributed by atoms with van der Waals surface area (Å²) in [4.78, 5) is 2.50. The summed E-state index contributed by atoms with van der Waals surface area (Å²) in [6.07, 6.45) is 4.98. The largest absolute Gasteiger partial charge is 0.487 e. The van der Waals surface area contributed by atoms with E-state index < -0.39 is 0 Å². The lowest BCUT2D eigenvalue weighted by Gasteiger charge is -2.41. The molecule has 1 aliphatic heterocycles. The average Bonchev–Trinajstić information content (AvgIpc) is 2.54. The van der Waals surface area contributed by atoms with Crippen LogP contribution in [0.4, 0.5) is 5.69 Å². The van der Waals surface area contributed by atoms with Gasteiger partial charge in [0.15, 0.2) is 0 Å². The second-order valence-electron chi connectivity index (χ2n) is 6.52. The number of allylic oxidation sites excluding steroid dienone is 1. The average molecular weight is 257 g/mol. The zero-order chi connectivity index (χ0) is 13.5. The van der Waals surface area contributed by atoms with Crippen molar-refractivity contribution < 1.29 is 4.74 Å². The molecule has 1 aromatic rings. The molecule has 2 nitrogen and oxygen atoms in total. The highest BCUT2D eigenvalue weighted by Crippen LogP contribution is 2.42. The molecule has 0 N–H and O–H groups in total. The van der Waals surface area contributed by atoms with Gasteiger partial charge < -0.3 is 9.64 Å². The Morgan fingerprint density at radius 2 is 1.79 bits per heavy atom. The van der Waals surface area contributed by atoms with Gasteiger partial charge in [-0.25, -0.2) is 0 Å². The third-order valence-electron chi connectivity index (χ3n) is 4.00. The molecule has 0 aromatic heterocycles. The third-order valence-corrected chi connectivity index (χ3v) is 4.00. The molecule has 0 spiro atoms. The summed E-state index contributed by atoms with van der Waals surface area (Å²) in [6.45, 7) is 7.62. The van der Waals surface area contributed by atoms with E-state index in [2.05, 4.69) is 49.9 Å². The fourth-order valence-corrected chi connectivity index (χ4v) is 3.22. The smallest absolute Gasteiger partial charge is 0.143 e. The molecular formula is C17H23NO. The van der Waals surface area contributed by atoms with Crippen molar-refractivity contribution in [1.29, 1.82) is 0 Å². The zero-order valence-corrected chi connectivity index (χ0v) is 12.2. The Kier molecular flexibility index (Phi) is 3.04. The Morgan fingerprint density at radius 1 is 1.05 bits per heavy atom. The maximum Gasteiger partial charge on any atom is 0.143 e. The maximum absolute atomic E-state index is 6.04. The highest BCUT2D eigenvalue weighted by Gasteiger charge is 2.32. The normalized spacial score (nSPS) is 19.4. The number of rotatable bonds is 0. The molecule has 0 saturated heterocycles. The van der Waals surface area contributed by atoms with E-state index in [4.69, 9.17) is 4.74 Å². The van der Waals surface area contributed by atoms with Gasteiger partial charge in [-0.1, -0.05) is 12.1 Å². The van der Waals surface area contributed by atoms with E-state index in [0.717, 1.165) is 12.4 Å². The van der Waals surface area contributed by atoms with Crippen LogP contribution in [0.1, 0.15) is 46.5 Å². The quantitative estimate of drug-likeness (QED) is 0.678. The van der Waals surface area contributed by atoms with Gasteiger partial charge in [-0.05, 0) is 64.2 Å². The lowest BCUT2D eigenvalue weighted by Crippen LogP contribution is -2.41. The van der Waals surface area contributed by atoms with Gasteiger partial charge in [0.1, 0.15) is 12.4 Å². The van der Waals surface area contributed by atoms with Crippen LogP contribution in [0, 0.1) is 0 Å². The van der Waals surface area contributed by atoms with Crippen molar-refractivity contribution in [3.63, 3.8) is 0 Å². The number of nitrogens with zero attached hydrogens (tertiary/aromatic N) is 1. The highest BCUT2D eigenvalue weighted by molar-refractivity contribution is 5.65. The number of para-hydroxylation sites is 2. The summed E-state index contributed by atoms with van der Waals surface area (Å²) in [5, 5.41) is 0. The molecule has 0 saturated carbocycles. The molecule has 2 heteroatoms. The molecule has 0 atom stereocenters. The number of hydrogen-bond donors (Lipinski definition) is 0. The first-order valence-corrected chi connectivity index (χ1v) is 7.30. The Morgan fingerprint density at radius 3 is 2.58 bits per heavy atom. The molecule has 1 heterocycles. The highest BCUT2D eigenvalue weighted by atomic mass is 16.5. The Balaban J connectivity index is 2.15. The Labute approximate surface area is 116 Å². The van der Waals surface area contributed by atoms with Gasteiger partial charge >= 0.3 is 0 Å². The van der Waals surface area contributed by atoms with Crippen LogP contribution in [0.3, 0.4) is 0 Å². The minimum absolute atomic E-state index is 0.0850. The van der Waals surface area contributed by atoms with E-state index in [0.29, 0.717) is 0 Å². The fourth-order valence-electron chi connectivity index (χ4n) is 3.22. The Hall–Kier alpha value is -1.44. The SMILES string of the molecule is CC(C)(C)N1C2=C(CCCC2)COc2ccccc21. The maximum atomic E-state index is 6.04. The molecule has 1 aromatic carbocycles. The summed E-state index contributed by atoms with van der Waals surface area (Å²) in [6, 6.07) is 8.44. The number of hydrogen-bond acceptors (Lipinski definition) is 2. The number of anilines is 1. The van der Waals surface area contributed by atoms with E-state index in [1.54, 1.807) is 0 Å². The van der Waals surface area contributed by atoms with Crippen LogP contribution in [0.5, 0.6) is 5.75 Å². The van der Waals surface area contributed by atoms with E-state index in [1.165, 1.54) is 42.6 Å². The molecule has 19 heavy (non-hydrogen) atoms. The fraction of sp³-hybridized carbons (Fsp3) is 0.529. The van der Waals surface area contributed by atoms with E-state index >= 15 is 0 Å². The zero-order valence-electron chi connectivity index (χ0n) is 12.2. The summed E-state index contributed by atoms with van der Waals surface area (Å²) < 4.78 is 6.04. The summed E-state index contributed by atoms with van der Waals surface area (Å²) in [7, 11) is 0. The van der Waals surface area contributed by atoms with Crippen molar-refractivity contribution in [2.45, 2.75) is 52.0 Å². The number of fused-ring (bicyclic) bond motifs is 1. The van der Waals surface area contributed by atoms with Gasteiger partial charge in [-0.15, -0.1) is 0 Å². The molecular weight excluding hydrogens is 234 g/mol. The molecule has 0 fully saturated rings. The van der Waals surface area contributed by atoms with Crippen LogP contribution in [-0.4, -0.2) is 12.1 Å². The predicted molar refractivity (Wildman–Crippen MR) is 79.7 cm³/mol. The van der Waals surface area contributed by atoms with Gasteiger partial charge in [-0.2, -0.15) is 0 Å². The van der Waals surface area contributed by atoms with Crippen molar-refractivity contribution in [3.8, 4) is 5.75 Å². The second-order valence-corrected chi connectivity index (χ2v) is 6.52. The van der Waals surface area contributed by atoms with Crippen molar-refractivity contribution in [2.24, 2.45) is 0 Å². The lowest BCUT2D eigenvalue weighted by molar-refractivity contribution is 0.347. The molecule has 102 valence electrons. The van der Waals surface area contributed by atoms with Crippen LogP contribution in [-0.2, 0) is 0 Å². The monoisotopic (exact) mass is 257 g/mol. The van der Waals surface area contributed by atoms with Gasteiger partial charge in [0, 0.05) is 11.2 Å². The first kappa shape index (κ1) is 12.6. The minimum Gasteiger partial charge on any atom is -0.487 e. The van der Waals surface area contributed by atoms with Crippen molar-refractivity contribution >= 4 is 5.69 Å². The molecule has 0 bridgehead atoms. The van der Waals surface area contributed by atoms with Gasteiger partial charge in [0.05, 0.1) is 5.69 Å². The van der Waals surface area contributed by atoms with Gasteiger partial charge in [0.25, 0.3) is 0 Å².